The highest BCUT2D eigenvalue weighted by Crippen LogP contribution is 2.15. The van der Waals surface area contributed by atoms with Crippen molar-refractivity contribution in [2.45, 2.75) is 32.6 Å². The number of hydrogen-bond donors (Lipinski definition) is 4. The minimum absolute atomic E-state index is 0.0410. The Morgan fingerprint density at radius 2 is 1.75 bits per heavy atom. The number of carbonyl (C=O) groups is 2. The summed E-state index contributed by atoms with van der Waals surface area (Å²) in [5.74, 6) is 0.553. The van der Waals surface area contributed by atoms with Gasteiger partial charge in [-0.2, -0.15) is 5.10 Å². The Balaban J connectivity index is 1.39. The molecule has 3 aromatic rings. The normalized spacial score (nSPS) is 10.5. The zero-order chi connectivity index (χ0) is 22.8. The Hall–Kier alpha value is -3.81. The Morgan fingerprint density at radius 1 is 1.00 bits per heavy atom. The average Bonchev–Trinajstić information content (AvgIpc) is 3.17. The van der Waals surface area contributed by atoms with Crippen molar-refractivity contribution in [2.75, 3.05) is 24.1 Å². The van der Waals surface area contributed by atoms with Crippen molar-refractivity contribution in [3.8, 4) is 5.69 Å². The van der Waals surface area contributed by atoms with Crippen molar-refractivity contribution in [1.82, 2.24) is 20.4 Å². The Bertz CT molecular complexity index is 1010. The van der Waals surface area contributed by atoms with Gasteiger partial charge in [0.15, 0.2) is 0 Å². The van der Waals surface area contributed by atoms with Gasteiger partial charge in [0.2, 0.25) is 5.91 Å². The molecule has 1 aromatic heterocycles. The third-order valence-electron chi connectivity index (χ3n) is 4.83. The Kier molecular flexibility index (Phi) is 8.25. The molecule has 0 bridgehead atoms. The lowest BCUT2D eigenvalue weighted by molar-refractivity contribution is -0.120. The zero-order valence-corrected chi connectivity index (χ0v) is 18.3. The lowest BCUT2D eigenvalue weighted by Gasteiger charge is -2.08. The molecule has 0 atom stereocenters. The summed E-state index contributed by atoms with van der Waals surface area (Å²) >= 11 is 0. The number of aromatic nitrogens is 2. The van der Waals surface area contributed by atoms with Gasteiger partial charge >= 0.3 is 6.03 Å². The predicted octanol–water partition coefficient (Wildman–Crippen LogP) is 3.28. The summed E-state index contributed by atoms with van der Waals surface area (Å²) < 4.78 is 1.72. The lowest BCUT2D eigenvalue weighted by atomic mass is 10.1. The van der Waals surface area contributed by atoms with E-state index in [1.807, 2.05) is 55.5 Å². The number of nitrogens with zero attached hydrogens (tertiary/aromatic N) is 2. The van der Waals surface area contributed by atoms with Crippen molar-refractivity contribution in [1.29, 1.82) is 0 Å². The highest BCUT2D eigenvalue weighted by molar-refractivity contribution is 5.89. The minimum atomic E-state index is -0.229. The van der Waals surface area contributed by atoms with Crippen LogP contribution in [-0.4, -0.2) is 34.8 Å². The maximum atomic E-state index is 12.2. The van der Waals surface area contributed by atoms with E-state index in [-0.39, 0.29) is 18.4 Å². The molecule has 0 fully saturated rings. The second-order valence-electron chi connectivity index (χ2n) is 7.52. The van der Waals surface area contributed by atoms with Gasteiger partial charge in [-0.1, -0.05) is 37.3 Å². The van der Waals surface area contributed by atoms with Crippen molar-refractivity contribution in [3.05, 3.63) is 71.9 Å². The first kappa shape index (κ1) is 22.9. The van der Waals surface area contributed by atoms with E-state index in [4.69, 9.17) is 5.73 Å². The van der Waals surface area contributed by atoms with Crippen molar-refractivity contribution < 1.29 is 9.59 Å². The van der Waals surface area contributed by atoms with E-state index in [0.717, 1.165) is 36.2 Å². The predicted molar refractivity (Wildman–Crippen MR) is 127 cm³/mol. The number of nitrogens with one attached hydrogen (secondary N) is 3. The van der Waals surface area contributed by atoms with Crippen LogP contribution in [0.1, 0.15) is 31.0 Å². The molecule has 0 unspecified atom stereocenters. The van der Waals surface area contributed by atoms with Crippen LogP contribution in [0.5, 0.6) is 0 Å². The van der Waals surface area contributed by atoms with Crippen LogP contribution in [-0.2, 0) is 17.6 Å². The molecule has 8 heteroatoms. The van der Waals surface area contributed by atoms with Crippen molar-refractivity contribution in [3.63, 3.8) is 0 Å². The van der Waals surface area contributed by atoms with Crippen LogP contribution in [0.4, 0.5) is 16.3 Å². The molecule has 0 radical (unpaired) electrons. The third kappa shape index (κ3) is 6.87. The molecular formula is C24H30N6O2. The summed E-state index contributed by atoms with van der Waals surface area (Å²) in [5.41, 5.74) is 9.47. The summed E-state index contributed by atoms with van der Waals surface area (Å²) in [5, 5.41) is 13.0. The van der Waals surface area contributed by atoms with E-state index >= 15 is 0 Å². The SMILES string of the molecule is CCCNC(=O)Nc1ccc(CC(=O)NCCCc2cc(N)n(-c3ccccc3)n2)cc1. The van der Waals surface area contributed by atoms with Gasteiger partial charge in [0.1, 0.15) is 5.82 Å². The molecule has 0 aliphatic carbocycles. The molecule has 8 nitrogen and oxygen atoms in total. The second-order valence-corrected chi connectivity index (χ2v) is 7.52. The van der Waals surface area contributed by atoms with E-state index in [1.165, 1.54) is 0 Å². The average molecular weight is 435 g/mol. The first-order valence-corrected chi connectivity index (χ1v) is 10.9. The van der Waals surface area contributed by atoms with Crippen LogP contribution in [0.2, 0.25) is 0 Å². The fourth-order valence-corrected chi connectivity index (χ4v) is 3.21. The Morgan fingerprint density at radius 3 is 2.47 bits per heavy atom. The monoisotopic (exact) mass is 434 g/mol. The molecular weight excluding hydrogens is 404 g/mol. The highest BCUT2D eigenvalue weighted by atomic mass is 16.2. The lowest BCUT2D eigenvalue weighted by Crippen LogP contribution is -2.29. The first-order valence-electron chi connectivity index (χ1n) is 10.9. The van der Waals surface area contributed by atoms with Crippen molar-refractivity contribution >= 4 is 23.4 Å². The number of urea groups is 1. The van der Waals surface area contributed by atoms with Crippen LogP contribution in [0.3, 0.4) is 0 Å². The van der Waals surface area contributed by atoms with Crippen LogP contribution in [0.15, 0.2) is 60.7 Å². The molecule has 32 heavy (non-hydrogen) atoms. The van der Waals surface area contributed by atoms with Gasteiger partial charge in [-0.05, 0) is 49.1 Å². The van der Waals surface area contributed by atoms with E-state index in [0.29, 0.717) is 24.6 Å². The summed E-state index contributed by atoms with van der Waals surface area (Å²) in [6.07, 6.45) is 2.67. The summed E-state index contributed by atoms with van der Waals surface area (Å²) in [6, 6.07) is 18.7. The van der Waals surface area contributed by atoms with E-state index in [2.05, 4.69) is 21.0 Å². The smallest absolute Gasteiger partial charge is 0.319 e. The molecule has 0 spiro atoms. The zero-order valence-electron chi connectivity index (χ0n) is 18.3. The highest BCUT2D eigenvalue weighted by Gasteiger charge is 2.08. The maximum absolute atomic E-state index is 12.2. The van der Waals surface area contributed by atoms with Gasteiger partial charge < -0.3 is 21.7 Å². The maximum Gasteiger partial charge on any atom is 0.319 e. The Labute approximate surface area is 188 Å². The largest absolute Gasteiger partial charge is 0.384 e. The number of hydrogen-bond acceptors (Lipinski definition) is 4. The van der Waals surface area contributed by atoms with Gasteiger partial charge in [0.25, 0.3) is 0 Å². The minimum Gasteiger partial charge on any atom is -0.384 e. The molecule has 168 valence electrons. The van der Waals surface area contributed by atoms with Crippen LogP contribution in [0.25, 0.3) is 5.69 Å². The second kappa shape index (κ2) is 11.5. The number of aryl methyl sites for hydroxylation is 1. The summed E-state index contributed by atoms with van der Waals surface area (Å²) in [7, 11) is 0. The summed E-state index contributed by atoms with van der Waals surface area (Å²) in [6.45, 7) is 3.19. The molecule has 0 saturated carbocycles. The molecule has 3 rings (SSSR count). The van der Waals surface area contributed by atoms with Gasteiger partial charge in [0, 0.05) is 24.8 Å². The van der Waals surface area contributed by atoms with Crippen LogP contribution >= 0.6 is 0 Å². The number of nitrogens with two attached hydrogens (primary N) is 1. The van der Waals surface area contributed by atoms with Crippen molar-refractivity contribution in [2.24, 2.45) is 0 Å². The molecule has 0 aliphatic heterocycles. The van der Waals surface area contributed by atoms with E-state index < -0.39 is 0 Å². The number of anilines is 2. The van der Waals surface area contributed by atoms with E-state index in [1.54, 1.807) is 16.8 Å². The molecule has 0 aliphatic rings. The molecule has 3 amide bonds. The number of para-hydroxylation sites is 1. The third-order valence-corrected chi connectivity index (χ3v) is 4.83. The molecule has 1 heterocycles. The summed E-state index contributed by atoms with van der Waals surface area (Å²) in [4.78, 5) is 23.9. The van der Waals surface area contributed by atoms with Crippen LogP contribution in [0, 0.1) is 0 Å². The van der Waals surface area contributed by atoms with E-state index in [9.17, 15) is 9.59 Å². The number of nitrogen functional groups attached to an aromatic ring is 1. The van der Waals surface area contributed by atoms with Gasteiger partial charge in [-0.3, -0.25) is 4.79 Å². The number of rotatable bonds is 10. The number of benzene rings is 2. The fraction of sp³-hybridized carbons (Fsp3) is 0.292. The van der Waals surface area contributed by atoms with Crippen LogP contribution < -0.4 is 21.7 Å². The quantitative estimate of drug-likeness (QED) is 0.367. The van der Waals surface area contributed by atoms with Gasteiger partial charge in [-0.15, -0.1) is 0 Å². The molecule has 5 N–H and O–H groups in total. The standard InChI is InChI=1S/C24H30N6O2/c1-2-14-27-24(32)28-19-12-10-18(11-13-19)16-23(31)26-15-6-7-20-17-22(25)30(29-20)21-8-4-3-5-9-21/h3-5,8-13,17H,2,6-7,14-16,25H2,1H3,(H,26,31)(H2,27,28,32). The first-order chi connectivity index (χ1) is 15.5. The topological polar surface area (TPSA) is 114 Å². The van der Waals surface area contributed by atoms with Gasteiger partial charge in [-0.25, -0.2) is 9.48 Å². The number of carbonyl (C=O) groups excluding carboxylic acids is 2. The fourth-order valence-electron chi connectivity index (χ4n) is 3.21. The molecule has 2 aromatic carbocycles. The van der Waals surface area contributed by atoms with Gasteiger partial charge in [0.05, 0.1) is 17.8 Å². The number of amides is 3. The molecule has 0 saturated heterocycles.